The van der Waals surface area contributed by atoms with Crippen LogP contribution in [0.15, 0.2) is 72.2 Å². The average molecular weight is 473 g/mol. The Morgan fingerprint density at radius 2 is 1.76 bits per heavy atom. The number of carbonyl (C=O) groups excluding carboxylic acids is 2. The first-order chi connectivity index (χ1) is 16.7. The predicted octanol–water partition coefficient (Wildman–Crippen LogP) is 3.80. The molecular weight excluding hydrogens is 444 g/mol. The van der Waals surface area contributed by atoms with Crippen LogP contribution in [-0.2, 0) is 29.0 Å². The van der Waals surface area contributed by atoms with Crippen molar-refractivity contribution >= 4 is 34.1 Å². The maximum Gasteiger partial charge on any atom is 0.309 e. The summed E-state index contributed by atoms with van der Waals surface area (Å²) in [6, 6.07) is 20.8. The number of thiophene rings is 1. The summed E-state index contributed by atoms with van der Waals surface area (Å²) in [7, 11) is 0. The molecule has 34 heavy (non-hydrogen) atoms. The van der Waals surface area contributed by atoms with Gasteiger partial charge in [-0.05, 0) is 47.0 Å². The lowest BCUT2D eigenvalue weighted by Crippen LogP contribution is -2.45. The average Bonchev–Trinajstić information content (AvgIpc) is 3.55. The molecule has 174 valence electrons. The van der Waals surface area contributed by atoms with Crippen molar-refractivity contribution in [3.05, 3.63) is 93.8 Å². The number of benzene rings is 2. The normalized spacial score (nSPS) is 14.5. The Kier molecular flexibility index (Phi) is 6.74. The fraction of sp³-hybridized carbons (Fsp3) is 0.259. The molecule has 1 atom stereocenters. The number of rotatable bonds is 7. The SMILES string of the molecule is O=C(NCCc1c[nH]c2ccccc12)C(=O)NC[C@H](c1cccs1)N1CCc2ccccc2C1. The monoisotopic (exact) mass is 472 g/mol. The van der Waals surface area contributed by atoms with E-state index in [1.165, 1.54) is 16.0 Å². The number of aromatic nitrogens is 1. The van der Waals surface area contributed by atoms with Crippen molar-refractivity contribution in [1.82, 2.24) is 20.5 Å². The van der Waals surface area contributed by atoms with Crippen molar-refractivity contribution in [3.63, 3.8) is 0 Å². The maximum atomic E-state index is 12.6. The van der Waals surface area contributed by atoms with Crippen LogP contribution in [0.3, 0.4) is 0 Å². The minimum Gasteiger partial charge on any atom is -0.361 e. The van der Waals surface area contributed by atoms with E-state index in [4.69, 9.17) is 0 Å². The van der Waals surface area contributed by atoms with Crippen LogP contribution in [0, 0.1) is 0 Å². The topological polar surface area (TPSA) is 77.2 Å². The van der Waals surface area contributed by atoms with E-state index in [0.29, 0.717) is 19.5 Å². The minimum atomic E-state index is -0.589. The quantitative estimate of drug-likeness (QED) is 0.358. The molecule has 1 aliphatic heterocycles. The van der Waals surface area contributed by atoms with Crippen molar-refractivity contribution in [2.75, 3.05) is 19.6 Å². The Hall–Kier alpha value is -3.42. The molecule has 3 N–H and O–H groups in total. The summed E-state index contributed by atoms with van der Waals surface area (Å²) < 4.78 is 0. The van der Waals surface area contributed by atoms with Gasteiger partial charge in [0.05, 0.1) is 6.04 Å². The fourth-order valence-electron chi connectivity index (χ4n) is 4.67. The Morgan fingerprint density at radius 3 is 2.62 bits per heavy atom. The minimum absolute atomic E-state index is 0.0383. The van der Waals surface area contributed by atoms with Gasteiger partial charge in [-0.1, -0.05) is 48.5 Å². The first-order valence-electron chi connectivity index (χ1n) is 11.6. The van der Waals surface area contributed by atoms with Crippen molar-refractivity contribution in [1.29, 1.82) is 0 Å². The van der Waals surface area contributed by atoms with Crippen molar-refractivity contribution in [2.45, 2.75) is 25.4 Å². The Bertz CT molecular complexity index is 1280. The van der Waals surface area contributed by atoms with Crippen LogP contribution in [0.5, 0.6) is 0 Å². The Balaban J connectivity index is 1.16. The van der Waals surface area contributed by atoms with Gasteiger partial charge in [0.2, 0.25) is 0 Å². The van der Waals surface area contributed by atoms with Crippen LogP contribution in [0.4, 0.5) is 0 Å². The largest absolute Gasteiger partial charge is 0.361 e. The zero-order chi connectivity index (χ0) is 23.3. The standard InChI is InChI=1S/C27H28N4O2S/c32-26(28-13-11-20-16-29-23-9-4-3-8-22(20)23)27(33)30-17-24(25-10-5-15-34-25)31-14-12-19-6-1-2-7-21(19)18-31/h1-10,15-16,24,29H,11-14,17-18H2,(H,28,32)(H,30,33)/t24-/m1/s1. The summed E-state index contributed by atoms with van der Waals surface area (Å²) in [6.45, 7) is 2.57. The summed E-state index contributed by atoms with van der Waals surface area (Å²) in [4.78, 5) is 31.8. The lowest BCUT2D eigenvalue weighted by molar-refractivity contribution is -0.139. The van der Waals surface area contributed by atoms with Gasteiger partial charge in [-0.15, -0.1) is 11.3 Å². The lowest BCUT2D eigenvalue weighted by atomic mass is 9.98. The number of nitrogens with one attached hydrogen (secondary N) is 3. The summed E-state index contributed by atoms with van der Waals surface area (Å²) in [5.41, 5.74) is 4.92. The highest BCUT2D eigenvalue weighted by molar-refractivity contribution is 7.10. The van der Waals surface area contributed by atoms with Gasteiger partial charge in [0.1, 0.15) is 0 Å². The molecule has 0 aliphatic carbocycles. The van der Waals surface area contributed by atoms with Crippen LogP contribution in [-0.4, -0.2) is 41.3 Å². The summed E-state index contributed by atoms with van der Waals surface area (Å²) >= 11 is 1.68. The van der Waals surface area contributed by atoms with Crippen LogP contribution < -0.4 is 10.6 Å². The first-order valence-corrected chi connectivity index (χ1v) is 12.5. The van der Waals surface area contributed by atoms with Gasteiger partial charge in [-0.2, -0.15) is 0 Å². The number of nitrogens with zero attached hydrogens (tertiary/aromatic N) is 1. The zero-order valence-corrected chi connectivity index (χ0v) is 19.7. The van der Waals surface area contributed by atoms with E-state index in [1.807, 2.05) is 30.5 Å². The number of para-hydroxylation sites is 1. The van der Waals surface area contributed by atoms with E-state index >= 15 is 0 Å². The number of H-pyrrole nitrogens is 1. The molecule has 0 saturated carbocycles. The van der Waals surface area contributed by atoms with E-state index in [0.717, 1.165) is 36.0 Å². The molecular formula is C27H28N4O2S. The smallest absolute Gasteiger partial charge is 0.309 e. The third kappa shape index (κ3) is 4.90. The highest BCUT2D eigenvalue weighted by Gasteiger charge is 2.26. The number of hydrogen-bond acceptors (Lipinski definition) is 4. The fourth-order valence-corrected chi connectivity index (χ4v) is 5.53. The second-order valence-electron chi connectivity index (χ2n) is 8.60. The van der Waals surface area contributed by atoms with Crippen molar-refractivity contribution in [2.24, 2.45) is 0 Å². The third-order valence-electron chi connectivity index (χ3n) is 6.49. The summed E-state index contributed by atoms with van der Waals surface area (Å²) in [6.07, 6.45) is 3.60. The second-order valence-corrected chi connectivity index (χ2v) is 9.58. The second kappa shape index (κ2) is 10.2. The Morgan fingerprint density at radius 1 is 0.971 bits per heavy atom. The van der Waals surface area contributed by atoms with E-state index in [1.54, 1.807) is 11.3 Å². The molecule has 6 nitrogen and oxygen atoms in total. The number of amides is 2. The number of fused-ring (bicyclic) bond motifs is 2. The van der Waals surface area contributed by atoms with Crippen LogP contribution >= 0.6 is 11.3 Å². The predicted molar refractivity (Wildman–Crippen MR) is 136 cm³/mol. The van der Waals surface area contributed by atoms with E-state index in [9.17, 15) is 9.59 Å². The van der Waals surface area contributed by atoms with Gasteiger partial charge in [-0.25, -0.2) is 0 Å². The molecule has 3 heterocycles. The van der Waals surface area contributed by atoms with Gasteiger partial charge in [-0.3, -0.25) is 14.5 Å². The maximum absolute atomic E-state index is 12.6. The third-order valence-corrected chi connectivity index (χ3v) is 7.46. The molecule has 0 saturated heterocycles. The molecule has 4 aromatic rings. The summed E-state index contributed by atoms with van der Waals surface area (Å²) in [5, 5.41) is 8.83. The summed E-state index contributed by atoms with van der Waals surface area (Å²) in [5.74, 6) is -1.17. The number of hydrogen-bond donors (Lipinski definition) is 3. The molecule has 0 radical (unpaired) electrons. The van der Waals surface area contributed by atoms with Gasteiger partial charge >= 0.3 is 11.8 Å². The molecule has 0 spiro atoms. The molecule has 0 bridgehead atoms. The van der Waals surface area contributed by atoms with Crippen molar-refractivity contribution in [3.8, 4) is 0 Å². The van der Waals surface area contributed by atoms with Crippen LogP contribution in [0.1, 0.15) is 27.6 Å². The number of carbonyl (C=O) groups is 2. The molecule has 1 aliphatic rings. The molecule has 2 amide bonds. The molecule has 0 unspecified atom stereocenters. The van der Waals surface area contributed by atoms with Crippen molar-refractivity contribution < 1.29 is 9.59 Å². The number of aromatic amines is 1. The highest BCUT2D eigenvalue weighted by atomic mass is 32.1. The van der Waals surface area contributed by atoms with Gasteiger partial charge in [0, 0.05) is 48.2 Å². The first kappa shape index (κ1) is 22.4. The van der Waals surface area contributed by atoms with Gasteiger partial charge in [0.15, 0.2) is 0 Å². The lowest BCUT2D eigenvalue weighted by Gasteiger charge is -2.35. The molecule has 5 rings (SSSR count). The molecule has 2 aromatic carbocycles. The van der Waals surface area contributed by atoms with Gasteiger partial charge < -0.3 is 15.6 Å². The van der Waals surface area contributed by atoms with Gasteiger partial charge in [0.25, 0.3) is 0 Å². The highest BCUT2D eigenvalue weighted by Crippen LogP contribution is 2.30. The molecule has 0 fully saturated rings. The zero-order valence-electron chi connectivity index (χ0n) is 18.9. The van der Waals surface area contributed by atoms with Crippen LogP contribution in [0.25, 0.3) is 10.9 Å². The molecule has 2 aromatic heterocycles. The van der Waals surface area contributed by atoms with E-state index in [2.05, 4.69) is 62.3 Å². The Labute approximate surface area is 203 Å². The molecule has 7 heteroatoms. The van der Waals surface area contributed by atoms with E-state index < -0.39 is 11.8 Å². The van der Waals surface area contributed by atoms with E-state index in [-0.39, 0.29) is 6.04 Å². The van der Waals surface area contributed by atoms with Crippen LogP contribution in [0.2, 0.25) is 0 Å².